The summed E-state index contributed by atoms with van der Waals surface area (Å²) < 4.78 is 5.26. The lowest BCUT2D eigenvalue weighted by Gasteiger charge is -2.09. The Balaban J connectivity index is 1.75. The Morgan fingerprint density at radius 1 is 1.08 bits per heavy atom. The van der Waals surface area contributed by atoms with E-state index in [0.29, 0.717) is 27.0 Å². The maximum Gasteiger partial charge on any atom is 0.258 e. The van der Waals surface area contributed by atoms with Crippen molar-refractivity contribution in [3.63, 3.8) is 0 Å². The van der Waals surface area contributed by atoms with E-state index >= 15 is 0 Å². The van der Waals surface area contributed by atoms with Crippen LogP contribution in [0.5, 0.6) is 5.75 Å². The van der Waals surface area contributed by atoms with Crippen molar-refractivity contribution in [3.05, 3.63) is 58.1 Å². The van der Waals surface area contributed by atoms with Gasteiger partial charge in [-0.15, -0.1) is 0 Å². The fraction of sp³-hybridized carbons (Fsp3) is 0.118. The smallest absolute Gasteiger partial charge is 0.258 e. The van der Waals surface area contributed by atoms with Gasteiger partial charge in [0.1, 0.15) is 5.75 Å². The molecule has 0 heterocycles. The molecule has 25 heavy (non-hydrogen) atoms. The summed E-state index contributed by atoms with van der Waals surface area (Å²) in [7, 11) is 0. The highest BCUT2D eigenvalue weighted by molar-refractivity contribution is 6.35. The van der Waals surface area contributed by atoms with Gasteiger partial charge in [-0.05, 0) is 42.5 Å². The summed E-state index contributed by atoms with van der Waals surface area (Å²) in [4.78, 5) is 23.5. The van der Waals surface area contributed by atoms with Gasteiger partial charge >= 0.3 is 0 Å². The average molecular weight is 378 g/mol. The number of amides is 2. The van der Waals surface area contributed by atoms with Crippen molar-refractivity contribution >= 4 is 40.7 Å². The lowest BCUT2D eigenvalue weighted by Crippen LogP contribution is -2.35. The number of carbonyl (C=O) groups excluding carboxylic acids is 2. The van der Waals surface area contributed by atoms with Crippen LogP contribution in [0.15, 0.2) is 42.5 Å². The molecule has 0 aliphatic rings. The van der Waals surface area contributed by atoms with Crippen LogP contribution >= 0.6 is 23.2 Å². The molecular formula is C17H13Cl2N3O3. The van der Waals surface area contributed by atoms with Crippen molar-refractivity contribution in [2.75, 3.05) is 18.5 Å². The number of rotatable bonds is 6. The van der Waals surface area contributed by atoms with Gasteiger partial charge in [-0.2, -0.15) is 5.26 Å². The highest BCUT2D eigenvalue weighted by Crippen LogP contribution is 2.27. The zero-order valence-corrected chi connectivity index (χ0v) is 14.4. The second-order valence-corrected chi connectivity index (χ2v) is 5.72. The number of anilines is 1. The molecule has 128 valence electrons. The summed E-state index contributed by atoms with van der Waals surface area (Å²) in [6.07, 6.45) is 0. The minimum absolute atomic E-state index is 0.212. The first-order valence-corrected chi connectivity index (χ1v) is 7.88. The number of nitrogens with one attached hydrogen (secondary N) is 2. The van der Waals surface area contributed by atoms with E-state index in [1.807, 2.05) is 6.07 Å². The van der Waals surface area contributed by atoms with Gasteiger partial charge in [0.15, 0.2) is 6.61 Å². The lowest BCUT2D eigenvalue weighted by atomic mass is 10.2. The van der Waals surface area contributed by atoms with Gasteiger partial charge in [-0.1, -0.05) is 23.2 Å². The van der Waals surface area contributed by atoms with Crippen LogP contribution in [-0.4, -0.2) is 25.0 Å². The molecule has 8 heteroatoms. The first-order valence-electron chi connectivity index (χ1n) is 7.12. The highest BCUT2D eigenvalue weighted by Gasteiger charge is 2.09. The predicted molar refractivity (Wildman–Crippen MR) is 94.8 cm³/mol. The molecule has 0 unspecified atom stereocenters. The van der Waals surface area contributed by atoms with E-state index in [-0.39, 0.29) is 13.2 Å². The van der Waals surface area contributed by atoms with Crippen LogP contribution in [0.4, 0.5) is 5.69 Å². The molecule has 0 atom stereocenters. The zero-order valence-electron chi connectivity index (χ0n) is 12.9. The number of carbonyl (C=O) groups is 2. The first-order chi connectivity index (χ1) is 12.0. The molecule has 0 bridgehead atoms. The third kappa shape index (κ3) is 5.99. The molecule has 2 aromatic carbocycles. The average Bonchev–Trinajstić information content (AvgIpc) is 2.60. The van der Waals surface area contributed by atoms with E-state index in [9.17, 15) is 9.59 Å². The molecule has 0 saturated carbocycles. The summed E-state index contributed by atoms with van der Waals surface area (Å²) in [6, 6.07) is 13.0. The van der Waals surface area contributed by atoms with E-state index < -0.39 is 11.8 Å². The normalized spacial score (nSPS) is 9.80. The van der Waals surface area contributed by atoms with E-state index in [1.54, 1.807) is 36.4 Å². The molecule has 2 N–H and O–H groups in total. The number of halogens is 2. The third-order valence-corrected chi connectivity index (χ3v) is 3.53. The molecule has 0 aliphatic carbocycles. The second-order valence-electron chi connectivity index (χ2n) is 4.88. The summed E-state index contributed by atoms with van der Waals surface area (Å²) in [5.41, 5.74) is 1.02. The number of nitriles is 1. The SMILES string of the molecule is N#Cc1ccc(NC(=O)CNC(=O)COc2ccc(Cl)cc2Cl)cc1. The topological polar surface area (TPSA) is 91.2 Å². The van der Waals surface area contributed by atoms with Crippen LogP contribution in [0.2, 0.25) is 10.0 Å². The molecule has 2 rings (SSSR count). The standard InChI is InChI=1S/C17H13Cl2N3O3/c18-12-3-6-15(14(19)7-12)25-10-17(24)21-9-16(23)22-13-4-1-11(8-20)2-5-13/h1-7H,9-10H2,(H,21,24)(H,22,23). The Labute approximate surface area is 154 Å². The van der Waals surface area contributed by atoms with Crippen molar-refractivity contribution in [3.8, 4) is 11.8 Å². The summed E-state index contributed by atoms with van der Waals surface area (Å²) in [6.45, 7) is -0.498. The number of hydrogen-bond donors (Lipinski definition) is 2. The highest BCUT2D eigenvalue weighted by atomic mass is 35.5. The molecular weight excluding hydrogens is 365 g/mol. The first kappa shape index (κ1) is 18.6. The van der Waals surface area contributed by atoms with Gasteiger partial charge in [-0.25, -0.2) is 0 Å². The maximum atomic E-state index is 11.8. The maximum absolute atomic E-state index is 11.8. The largest absolute Gasteiger partial charge is 0.482 e. The van der Waals surface area contributed by atoms with Crippen LogP contribution < -0.4 is 15.4 Å². The molecule has 0 aliphatic heterocycles. The molecule has 2 aromatic rings. The van der Waals surface area contributed by atoms with E-state index in [4.69, 9.17) is 33.2 Å². The van der Waals surface area contributed by atoms with Crippen LogP contribution in [0.25, 0.3) is 0 Å². The van der Waals surface area contributed by atoms with Crippen molar-refractivity contribution in [1.82, 2.24) is 5.32 Å². The predicted octanol–water partition coefficient (Wildman–Crippen LogP) is 3.00. The molecule has 0 spiro atoms. The molecule has 2 amide bonds. The van der Waals surface area contributed by atoms with Crippen LogP contribution in [0, 0.1) is 11.3 Å². The van der Waals surface area contributed by atoms with Gasteiger partial charge in [0.05, 0.1) is 23.2 Å². The van der Waals surface area contributed by atoms with Crippen molar-refractivity contribution in [2.45, 2.75) is 0 Å². The minimum Gasteiger partial charge on any atom is -0.482 e. The number of ether oxygens (including phenoxy) is 1. The summed E-state index contributed by atoms with van der Waals surface area (Å²) in [5.74, 6) is -0.549. The minimum atomic E-state index is -0.471. The van der Waals surface area contributed by atoms with Crippen molar-refractivity contribution in [2.24, 2.45) is 0 Å². The third-order valence-electron chi connectivity index (χ3n) is 3.00. The number of benzene rings is 2. The molecule has 6 nitrogen and oxygen atoms in total. The Bertz CT molecular complexity index is 817. The fourth-order valence-corrected chi connectivity index (χ4v) is 2.26. The summed E-state index contributed by atoms with van der Waals surface area (Å²) >= 11 is 11.7. The zero-order chi connectivity index (χ0) is 18.2. The Hall–Kier alpha value is -2.75. The van der Waals surface area contributed by atoms with E-state index in [1.165, 1.54) is 6.07 Å². The number of nitrogens with zero attached hydrogens (tertiary/aromatic N) is 1. The van der Waals surface area contributed by atoms with E-state index in [2.05, 4.69) is 10.6 Å². The second kappa shape index (κ2) is 8.92. The van der Waals surface area contributed by atoms with Crippen LogP contribution in [-0.2, 0) is 9.59 Å². The molecule has 0 saturated heterocycles. The van der Waals surface area contributed by atoms with Crippen LogP contribution in [0.1, 0.15) is 5.56 Å². The molecule has 0 fully saturated rings. The quantitative estimate of drug-likeness (QED) is 0.809. The van der Waals surface area contributed by atoms with Gasteiger partial charge in [0, 0.05) is 10.7 Å². The fourth-order valence-electron chi connectivity index (χ4n) is 1.80. The number of hydrogen-bond acceptors (Lipinski definition) is 4. The van der Waals surface area contributed by atoms with Gasteiger partial charge in [-0.3, -0.25) is 9.59 Å². The Kier molecular flexibility index (Phi) is 6.63. The monoisotopic (exact) mass is 377 g/mol. The van der Waals surface area contributed by atoms with Gasteiger partial charge in [0.25, 0.3) is 5.91 Å². The van der Waals surface area contributed by atoms with E-state index in [0.717, 1.165) is 0 Å². The van der Waals surface area contributed by atoms with Crippen molar-refractivity contribution < 1.29 is 14.3 Å². The summed E-state index contributed by atoms with van der Waals surface area (Å²) in [5, 5.41) is 14.5. The van der Waals surface area contributed by atoms with Crippen molar-refractivity contribution in [1.29, 1.82) is 5.26 Å². The lowest BCUT2D eigenvalue weighted by molar-refractivity contribution is -0.125. The Morgan fingerprint density at radius 2 is 1.80 bits per heavy atom. The van der Waals surface area contributed by atoms with Gasteiger partial charge in [0.2, 0.25) is 5.91 Å². The van der Waals surface area contributed by atoms with Gasteiger partial charge < -0.3 is 15.4 Å². The van der Waals surface area contributed by atoms with Crippen LogP contribution in [0.3, 0.4) is 0 Å². The molecule has 0 radical (unpaired) electrons. The Morgan fingerprint density at radius 3 is 2.44 bits per heavy atom. The molecule has 0 aromatic heterocycles.